The minimum absolute atomic E-state index is 0.393. The molecule has 1 fully saturated rings. The fourth-order valence-electron chi connectivity index (χ4n) is 6.18. The van der Waals surface area contributed by atoms with Crippen molar-refractivity contribution in [3.05, 3.63) is 59.7 Å². The number of nitrogens with zero attached hydrogens (tertiary/aromatic N) is 5. The second kappa shape index (κ2) is 10.6. The van der Waals surface area contributed by atoms with Gasteiger partial charge in [-0.3, -0.25) is 9.88 Å². The zero-order valence-corrected chi connectivity index (χ0v) is 21.3. The van der Waals surface area contributed by atoms with Crippen molar-refractivity contribution in [1.29, 1.82) is 0 Å². The number of imidazole rings is 1. The van der Waals surface area contributed by atoms with Gasteiger partial charge in [-0.05, 0) is 95.1 Å². The van der Waals surface area contributed by atoms with Crippen LogP contribution in [0.15, 0.2) is 42.6 Å². The van der Waals surface area contributed by atoms with Gasteiger partial charge in [0.2, 0.25) is 0 Å². The first-order chi connectivity index (χ1) is 16.6. The summed E-state index contributed by atoms with van der Waals surface area (Å²) < 4.78 is 2.55. The first-order valence-electron chi connectivity index (χ1n) is 13.5. The van der Waals surface area contributed by atoms with E-state index in [2.05, 4.69) is 71.5 Å². The molecule has 0 saturated carbocycles. The molecule has 182 valence electrons. The van der Waals surface area contributed by atoms with E-state index in [0.717, 1.165) is 38.0 Å². The molecule has 1 saturated heterocycles. The smallest absolute Gasteiger partial charge is 0.124 e. The average Bonchev–Trinajstić information content (AvgIpc) is 3.20. The molecule has 5 nitrogen and oxygen atoms in total. The summed E-state index contributed by atoms with van der Waals surface area (Å²) in [4.78, 5) is 15.4. The third-order valence-corrected chi connectivity index (χ3v) is 7.92. The van der Waals surface area contributed by atoms with Gasteiger partial charge in [0.15, 0.2) is 0 Å². The molecule has 5 heteroatoms. The molecule has 3 aromatic rings. The monoisotopic (exact) mass is 459 g/mol. The zero-order chi connectivity index (χ0) is 23.5. The van der Waals surface area contributed by atoms with Crippen LogP contribution in [0.4, 0.5) is 0 Å². The van der Waals surface area contributed by atoms with Crippen molar-refractivity contribution in [1.82, 2.24) is 24.3 Å². The van der Waals surface area contributed by atoms with Gasteiger partial charge in [-0.25, -0.2) is 4.98 Å². The lowest BCUT2D eigenvalue weighted by molar-refractivity contribution is 0.128. The molecule has 1 unspecified atom stereocenters. The average molecular weight is 460 g/mol. The van der Waals surface area contributed by atoms with E-state index < -0.39 is 0 Å². The van der Waals surface area contributed by atoms with Crippen molar-refractivity contribution in [2.45, 2.75) is 84.5 Å². The van der Waals surface area contributed by atoms with E-state index in [9.17, 15) is 0 Å². The Hall–Kier alpha value is -2.24. The topological polar surface area (TPSA) is 37.2 Å². The van der Waals surface area contributed by atoms with Gasteiger partial charge in [0.25, 0.3) is 0 Å². The van der Waals surface area contributed by atoms with Crippen LogP contribution in [0.3, 0.4) is 0 Å². The molecular weight excluding hydrogens is 418 g/mol. The third-order valence-electron chi connectivity index (χ3n) is 7.92. The lowest BCUT2D eigenvalue weighted by Gasteiger charge is -2.36. The molecule has 3 heterocycles. The van der Waals surface area contributed by atoms with Crippen molar-refractivity contribution >= 4 is 11.0 Å². The molecular formula is C29H41N5. The SMILES string of the molecule is CCCN(Cc1nc2ccccc2n1C[C@H]1CCCN(C(C)C)C1)C1CCCc2cccnc21. The van der Waals surface area contributed by atoms with Crippen molar-refractivity contribution < 1.29 is 0 Å². The van der Waals surface area contributed by atoms with Crippen LogP contribution in [0.25, 0.3) is 11.0 Å². The lowest BCUT2D eigenvalue weighted by Crippen LogP contribution is -2.41. The maximum absolute atomic E-state index is 5.19. The van der Waals surface area contributed by atoms with Crippen LogP contribution in [-0.2, 0) is 19.5 Å². The van der Waals surface area contributed by atoms with Crippen molar-refractivity contribution in [2.24, 2.45) is 5.92 Å². The summed E-state index contributed by atoms with van der Waals surface area (Å²) in [5.41, 5.74) is 5.15. The Morgan fingerprint density at radius 3 is 2.82 bits per heavy atom. The Morgan fingerprint density at radius 1 is 1.09 bits per heavy atom. The van der Waals surface area contributed by atoms with Gasteiger partial charge in [-0.15, -0.1) is 0 Å². The molecule has 0 bridgehead atoms. The largest absolute Gasteiger partial charge is 0.327 e. The Morgan fingerprint density at radius 2 is 1.97 bits per heavy atom. The number of aromatic nitrogens is 3. The van der Waals surface area contributed by atoms with Gasteiger partial charge in [-0.1, -0.05) is 25.1 Å². The minimum atomic E-state index is 0.393. The summed E-state index contributed by atoms with van der Waals surface area (Å²) in [6, 6.07) is 14.1. The van der Waals surface area contributed by atoms with Gasteiger partial charge in [-0.2, -0.15) is 0 Å². The molecule has 5 rings (SSSR count). The van der Waals surface area contributed by atoms with E-state index in [-0.39, 0.29) is 0 Å². The number of hydrogen-bond acceptors (Lipinski definition) is 4. The highest BCUT2D eigenvalue weighted by molar-refractivity contribution is 5.75. The van der Waals surface area contributed by atoms with Gasteiger partial charge < -0.3 is 9.47 Å². The van der Waals surface area contributed by atoms with Crippen molar-refractivity contribution in [2.75, 3.05) is 19.6 Å². The molecule has 1 aliphatic heterocycles. The number of piperidine rings is 1. The lowest BCUT2D eigenvalue weighted by atomic mass is 9.90. The predicted molar refractivity (Wildman–Crippen MR) is 140 cm³/mol. The maximum atomic E-state index is 5.19. The Bertz CT molecular complexity index is 1090. The summed E-state index contributed by atoms with van der Waals surface area (Å²) >= 11 is 0. The molecule has 1 aromatic carbocycles. The number of para-hydroxylation sites is 2. The van der Waals surface area contributed by atoms with Gasteiger partial charge in [0.05, 0.1) is 29.3 Å². The first-order valence-corrected chi connectivity index (χ1v) is 13.5. The molecule has 2 aliphatic rings. The van der Waals surface area contributed by atoms with Gasteiger partial charge in [0.1, 0.15) is 5.82 Å². The number of fused-ring (bicyclic) bond motifs is 2. The number of hydrogen-bond donors (Lipinski definition) is 0. The Balaban J connectivity index is 1.45. The standard InChI is InChI=1S/C29H41N5/c1-4-17-33(27-15-7-11-24-12-8-16-30-29(24)27)21-28-31-25-13-5-6-14-26(25)34(28)20-23-10-9-18-32(19-23)22(2)3/h5-6,8,12-14,16,22-23,27H,4,7,9-11,15,17-21H2,1-3H3/t23-,27?/m0/s1. The first kappa shape index (κ1) is 23.5. The number of pyridine rings is 1. The van der Waals surface area contributed by atoms with Crippen molar-refractivity contribution in [3.8, 4) is 0 Å². The Kier molecular flexibility index (Phi) is 7.31. The van der Waals surface area contributed by atoms with Crippen LogP contribution in [0.1, 0.15) is 76.0 Å². The fourth-order valence-corrected chi connectivity index (χ4v) is 6.18. The molecule has 0 spiro atoms. The summed E-state index contributed by atoms with van der Waals surface area (Å²) in [6.07, 6.45) is 9.32. The van der Waals surface area contributed by atoms with Gasteiger partial charge in [0, 0.05) is 25.3 Å². The minimum Gasteiger partial charge on any atom is -0.327 e. The molecule has 0 radical (unpaired) electrons. The van der Waals surface area contributed by atoms with Crippen LogP contribution in [0, 0.1) is 5.92 Å². The van der Waals surface area contributed by atoms with E-state index in [4.69, 9.17) is 9.97 Å². The highest BCUT2D eigenvalue weighted by atomic mass is 15.2. The number of likely N-dealkylation sites (tertiary alicyclic amines) is 1. The summed E-state index contributed by atoms with van der Waals surface area (Å²) in [5.74, 6) is 1.91. The van der Waals surface area contributed by atoms with Crippen LogP contribution < -0.4 is 0 Å². The third kappa shape index (κ3) is 4.92. The number of benzene rings is 1. The Labute approximate surface area is 205 Å². The highest BCUT2D eigenvalue weighted by Crippen LogP contribution is 2.34. The van der Waals surface area contributed by atoms with E-state index in [1.54, 1.807) is 0 Å². The van der Waals surface area contributed by atoms with E-state index in [1.807, 2.05) is 6.20 Å². The van der Waals surface area contributed by atoms with E-state index in [1.165, 1.54) is 61.4 Å². The summed E-state index contributed by atoms with van der Waals surface area (Å²) in [7, 11) is 0. The molecule has 1 aliphatic carbocycles. The van der Waals surface area contributed by atoms with E-state index >= 15 is 0 Å². The van der Waals surface area contributed by atoms with Crippen LogP contribution >= 0.6 is 0 Å². The summed E-state index contributed by atoms with van der Waals surface area (Å²) in [5, 5.41) is 0. The van der Waals surface area contributed by atoms with Crippen LogP contribution in [0.2, 0.25) is 0 Å². The predicted octanol–water partition coefficient (Wildman–Crippen LogP) is 5.84. The van der Waals surface area contributed by atoms with Gasteiger partial charge >= 0.3 is 0 Å². The van der Waals surface area contributed by atoms with Crippen LogP contribution in [-0.4, -0.2) is 50.0 Å². The second-order valence-electron chi connectivity index (χ2n) is 10.7. The number of rotatable bonds is 8. The maximum Gasteiger partial charge on any atom is 0.124 e. The van der Waals surface area contributed by atoms with Crippen molar-refractivity contribution in [3.63, 3.8) is 0 Å². The fraction of sp³-hybridized carbons (Fsp3) is 0.586. The second-order valence-corrected chi connectivity index (χ2v) is 10.7. The highest BCUT2D eigenvalue weighted by Gasteiger charge is 2.29. The van der Waals surface area contributed by atoms with Crippen LogP contribution in [0.5, 0.6) is 0 Å². The zero-order valence-electron chi connectivity index (χ0n) is 21.3. The molecule has 0 amide bonds. The molecule has 2 atom stereocenters. The van der Waals surface area contributed by atoms with E-state index in [0.29, 0.717) is 18.0 Å². The molecule has 0 N–H and O–H groups in total. The summed E-state index contributed by atoms with van der Waals surface area (Å²) in [6.45, 7) is 12.4. The molecule has 34 heavy (non-hydrogen) atoms. The number of aryl methyl sites for hydroxylation is 1. The normalized spacial score (nSPS) is 21.4. The molecule has 2 aromatic heterocycles. The quantitative estimate of drug-likeness (QED) is 0.424.